The monoisotopic (exact) mass is 514 g/mol. The van der Waals surface area contributed by atoms with Gasteiger partial charge in [0.2, 0.25) is 0 Å². The molecule has 0 unspecified atom stereocenters. The van der Waals surface area contributed by atoms with E-state index in [1.165, 1.54) is 5.56 Å². The number of halogens is 2. The largest absolute Gasteiger partial charge is 0.487 e. The zero-order chi connectivity index (χ0) is 22.7. The molecule has 1 N–H and O–H groups in total. The fraction of sp³-hybridized carbons (Fsp3) is 0.174. The van der Waals surface area contributed by atoms with E-state index in [2.05, 4.69) is 43.6 Å². The van der Waals surface area contributed by atoms with Gasteiger partial charge < -0.3 is 14.6 Å². The number of aryl methyl sites for hydroxylation is 2. The van der Waals surface area contributed by atoms with Crippen LogP contribution in [0, 0.1) is 13.8 Å². The van der Waals surface area contributed by atoms with Gasteiger partial charge in [0.05, 0.1) is 21.6 Å². The standard InChI is InChI=1S/C23H20BrClN4O3/c1-14-7-9-16(10-8-14)11-29-12-18(24)22(27-29)26-23(30)21-17(15(2)32-28-21)13-31-20-6-4-3-5-19(20)25/h3-10,12H,11,13H2,1-2H3,(H,26,27,30). The molecular formula is C23H20BrClN4O3. The van der Waals surface area contributed by atoms with E-state index in [-0.39, 0.29) is 12.3 Å². The Hall–Kier alpha value is -3.10. The first-order valence-corrected chi connectivity index (χ1v) is 11.0. The molecule has 0 aliphatic rings. The van der Waals surface area contributed by atoms with Crippen LogP contribution in [-0.2, 0) is 13.2 Å². The number of aromatic nitrogens is 3. The fourth-order valence-electron chi connectivity index (χ4n) is 3.06. The topological polar surface area (TPSA) is 82.2 Å². The highest BCUT2D eigenvalue weighted by atomic mass is 79.9. The van der Waals surface area contributed by atoms with Crippen LogP contribution in [0.25, 0.3) is 0 Å². The van der Waals surface area contributed by atoms with E-state index in [0.29, 0.717) is 38.9 Å². The molecule has 1 amide bonds. The molecule has 0 saturated heterocycles. The van der Waals surface area contributed by atoms with Crippen molar-refractivity contribution >= 4 is 39.3 Å². The van der Waals surface area contributed by atoms with Crippen molar-refractivity contribution in [3.63, 3.8) is 0 Å². The number of ether oxygens (including phenoxy) is 1. The molecule has 0 saturated carbocycles. The Bertz CT molecular complexity index is 1250. The lowest BCUT2D eigenvalue weighted by Crippen LogP contribution is -2.16. The molecule has 0 aliphatic carbocycles. The number of carbonyl (C=O) groups is 1. The Kier molecular flexibility index (Phi) is 6.62. The van der Waals surface area contributed by atoms with E-state index in [9.17, 15) is 4.79 Å². The van der Waals surface area contributed by atoms with Crippen LogP contribution in [0.2, 0.25) is 5.02 Å². The second kappa shape index (κ2) is 9.58. The second-order valence-corrected chi connectivity index (χ2v) is 8.51. The van der Waals surface area contributed by atoms with Crippen molar-refractivity contribution in [2.45, 2.75) is 27.0 Å². The van der Waals surface area contributed by atoms with Crippen LogP contribution in [0.1, 0.15) is 32.9 Å². The number of amides is 1. The zero-order valence-corrected chi connectivity index (χ0v) is 19.8. The summed E-state index contributed by atoms with van der Waals surface area (Å²) in [5.74, 6) is 0.950. The van der Waals surface area contributed by atoms with E-state index >= 15 is 0 Å². The van der Waals surface area contributed by atoms with Crippen molar-refractivity contribution in [1.29, 1.82) is 0 Å². The normalized spacial score (nSPS) is 10.9. The number of anilines is 1. The third kappa shape index (κ3) is 5.03. The van der Waals surface area contributed by atoms with Crippen molar-refractivity contribution < 1.29 is 14.1 Å². The van der Waals surface area contributed by atoms with Gasteiger partial charge in [0.1, 0.15) is 18.1 Å². The maximum Gasteiger partial charge on any atom is 0.279 e. The molecule has 4 aromatic rings. The lowest BCUT2D eigenvalue weighted by molar-refractivity contribution is 0.101. The molecule has 2 aromatic heterocycles. The van der Waals surface area contributed by atoms with Gasteiger partial charge in [-0.05, 0) is 47.5 Å². The summed E-state index contributed by atoms with van der Waals surface area (Å²) in [5, 5.41) is 11.6. The molecule has 0 atom stereocenters. The van der Waals surface area contributed by atoms with Gasteiger partial charge >= 0.3 is 0 Å². The average molecular weight is 516 g/mol. The molecule has 4 rings (SSSR count). The molecule has 2 heterocycles. The number of hydrogen-bond donors (Lipinski definition) is 1. The van der Waals surface area contributed by atoms with Crippen LogP contribution < -0.4 is 10.1 Å². The van der Waals surface area contributed by atoms with E-state index in [1.807, 2.05) is 37.4 Å². The summed E-state index contributed by atoms with van der Waals surface area (Å²) in [6.07, 6.45) is 1.81. The van der Waals surface area contributed by atoms with Crippen LogP contribution in [-0.4, -0.2) is 20.8 Å². The number of nitrogens with one attached hydrogen (secondary N) is 1. The summed E-state index contributed by atoms with van der Waals surface area (Å²) in [6, 6.07) is 15.3. The SMILES string of the molecule is Cc1ccc(Cn2cc(Br)c(NC(=O)c3noc(C)c3COc3ccccc3Cl)n2)cc1. The summed E-state index contributed by atoms with van der Waals surface area (Å²) in [4.78, 5) is 12.9. The average Bonchev–Trinajstić information content (AvgIpc) is 3.31. The molecule has 0 radical (unpaired) electrons. The summed E-state index contributed by atoms with van der Waals surface area (Å²) >= 11 is 9.60. The smallest absolute Gasteiger partial charge is 0.279 e. The lowest BCUT2D eigenvalue weighted by atomic mass is 10.1. The first kappa shape index (κ1) is 22.1. The van der Waals surface area contributed by atoms with Crippen molar-refractivity contribution in [3.05, 3.63) is 92.4 Å². The van der Waals surface area contributed by atoms with Crippen LogP contribution in [0.5, 0.6) is 5.75 Å². The van der Waals surface area contributed by atoms with Crippen molar-refractivity contribution in [2.75, 3.05) is 5.32 Å². The maximum atomic E-state index is 12.9. The highest BCUT2D eigenvalue weighted by molar-refractivity contribution is 9.10. The van der Waals surface area contributed by atoms with Crippen LogP contribution in [0.3, 0.4) is 0 Å². The first-order chi connectivity index (χ1) is 15.4. The van der Waals surface area contributed by atoms with E-state index in [4.69, 9.17) is 20.9 Å². The van der Waals surface area contributed by atoms with Gasteiger partial charge in [0, 0.05) is 6.20 Å². The highest BCUT2D eigenvalue weighted by Crippen LogP contribution is 2.26. The number of hydrogen-bond acceptors (Lipinski definition) is 5. The van der Waals surface area contributed by atoms with Gasteiger partial charge in [-0.3, -0.25) is 9.48 Å². The quantitative estimate of drug-likeness (QED) is 0.337. The Morgan fingerprint density at radius 2 is 1.94 bits per heavy atom. The molecule has 0 spiro atoms. The summed E-state index contributed by atoms with van der Waals surface area (Å²) < 4.78 is 13.4. The third-order valence-corrected chi connectivity index (χ3v) is 5.72. The van der Waals surface area contributed by atoms with Gasteiger partial charge in [-0.15, -0.1) is 0 Å². The molecule has 7 nitrogen and oxygen atoms in total. The minimum Gasteiger partial charge on any atom is -0.487 e. The second-order valence-electron chi connectivity index (χ2n) is 7.25. The Morgan fingerprint density at radius 3 is 2.69 bits per heavy atom. The van der Waals surface area contributed by atoms with E-state index < -0.39 is 5.91 Å². The fourth-order valence-corrected chi connectivity index (χ4v) is 3.67. The predicted octanol–water partition coefficient (Wildman–Crippen LogP) is 5.78. The van der Waals surface area contributed by atoms with Crippen molar-refractivity contribution in [1.82, 2.24) is 14.9 Å². The van der Waals surface area contributed by atoms with E-state index in [1.54, 1.807) is 23.7 Å². The summed E-state index contributed by atoms with van der Waals surface area (Å²) in [6.45, 7) is 4.43. The summed E-state index contributed by atoms with van der Waals surface area (Å²) in [7, 11) is 0. The number of nitrogens with zero attached hydrogens (tertiary/aromatic N) is 3. The Morgan fingerprint density at radius 1 is 1.19 bits per heavy atom. The number of carbonyl (C=O) groups excluding carboxylic acids is 1. The molecule has 9 heteroatoms. The van der Waals surface area contributed by atoms with Crippen molar-refractivity contribution in [3.8, 4) is 5.75 Å². The molecule has 32 heavy (non-hydrogen) atoms. The molecule has 0 bridgehead atoms. The number of para-hydroxylation sites is 1. The number of rotatable bonds is 7. The van der Waals surface area contributed by atoms with Crippen LogP contribution >= 0.6 is 27.5 Å². The van der Waals surface area contributed by atoms with Crippen LogP contribution in [0.15, 0.2) is 63.7 Å². The minimum absolute atomic E-state index is 0.0881. The van der Waals surface area contributed by atoms with Gasteiger partial charge in [-0.2, -0.15) is 5.10 Å². The van der Waals surface area contributed by atoms with E-state index in [0.717, 1.165) is 5.56 Å². The Balaban J connectivity index is 1.47. The highest BCUT2D eigenvalue weighted by Gasteiger charge is 2.22. The lowest BCUT2D eigenvalue weighted by Gasteiger charge is -2.08. The minimum atomic E-state index is -0.444. The van der Waals surface area contributed by atoms with Gasteiger partial charge in [-0.25, -0.2) is 0 Å². The molecule has 164 valence electrons. The summed E-state index contributed by atoms with van der Waals surface area (Å²) in [5.41, 5.74) is 2.97. The maximum absolute atomic E-state index is 12.9. The molecule has 2 aromatic carbocycles. The third-order valence-electron chi connectivity index (χ3n) is 4.82. The van der Waals surface area contributed by atoms with Gasteiger partial charge in [-0.1, -0.05) is 58.7 Å². The predicted molar refractivity (Wildman–Crippen MR) is 125 cm³/mol. The van der Waals surface area contributed by atoms with Crippen LogP contribution in [0.4, 0.5) is 5.82 Å². The Labute approximate surface area is 198 Å². The zero-order valence-electron chi connectivity index (χ0n) is 17.4. The van der Waals surface area contributed by atoms with Gasteiger partial charge in [0.25, 0.3) is 5.91 Å². The first-order valence-electron chi connectivity index (χ1n) is 9.83. The molecule has 0 aliphatic heterocycles. The molecular weight excluding hydrogens is 496 g/mol. The van der Waals surface area contributed by atoms with Gasteiger partial charge in [0.15, 0.2) is 11.5 Å². The van der Waals surface area contributed by atoms with Crippen molar-refractivity contribution in [2.24, 2.45) is 0 Å². The molecule has 0 fully saturated rings. The number of benzene rings is 2.